The van der Waals surface area contributed by atoms with Gasteiger partial charge in [0.1, 0.15) is 0 Å². The third-order valence-corrected chi connectivity index (χ3v) is 5.23. The molecule has 0 radical (unpaired) electrons. The van der Waals surface area contributed by atoms with E-state index in [2.05, 4.69) is 65.5 Å². The second-order valence-corrected chi connectivity index (χ2v) is 7.01. The summed E-state index contributed by atoms with van der Waals surface area (Å²) >= 11 is 2.46. The average molecular weight is 361 g/mol. The molecular weight excluding hydrogens is 333 g/mol. The lowest BCUT2D eigenvalue weighted by atomic mass is 9.67. The predicted octanol–water partition coefficient (Wildman–Crippen LogP) is 5.38. The summed E-state index contributed by atoms with van der Waals surface area (Å²) in [6.45, 7) is 13.7. The fourth-order valence-electron chi connectivity index (χ4n) is 2.99. The lowest BCUT2D eigenvalue weighted by Gasteiger charge is -2.39. The van der Waals surface area contributed by atoms with Gasteiger partial charge in [0.2, 0.25) is 0 Å². The highest BCUT2D eigenvalue weighted by atomic mass is 127. The Morgan fingerprint density at radius 3 is 2.67 bits per heavy atom. The first kappa shape index (κ1) is 16.2. The van der Waals surface area contributed by atoms with E-state index in [1.165, 1.54) is 44.2 Å². The smallest absolute Gasteiger partial charge is 0.0201 e. The van der Waals surface area contributed by atoms with Gasteiger partial charge >= 0.3 is 0 Å². The van der Waals surface area contributed by atoms with E-state index in [4.69, 9.17) is 0 Å². The molecule has 1 aliphatic carbocycles. The maximum absolute atomic E-state index is 4.47. The van der Waals surface area contributed by atoms with Gasteiger partial charge in [-0.15, -0.1) is 0 Å². The van der Waals surface area contributed by atoms with Crippen LogP contribution in [0.3, 0.4) is 0 Å². The minimum Gasteiger partial charge on any atom is -0.247 e. The molecule has 0 N–H and O–H groups in total. The van der Waals surface area contributed by atoms with E-state index >= 15 is 0 Å². The maximum atomic E-state index is 4.47. The molecule has 0 saturated heterocycles. The summed E-state index contributed by atoms with van der Waals surface area (Å²) < 4.78 is 2.41. The van der Waals surface area contributed by atoms with Gasteiger partial charge in [0.05, 0.1) is 0 Å². The third-order valence-electron chi connectivity index (χ3n) is 4.36. The molecule has 18 heavy (non-hydrogen) atoms. The molecular formula is C16H28IN. The van der Waals surface area contributed by atoms with Crippen molar-refractivity contribution < 1.29 is 0 Å². The van der Waals surface area contributed by atoms with Crippen LogP contribution < -0.4 is 0 Å². The fourth-order valence-corrected chi connectivity index (χ4v) is 4.07. The van der Waals surface area contributed by atoms with Crippen molar-refractivity contribution in [3.8, 4) is 0 Å². The topological polar surface area (TPSA) is 3.24 Å². The molecule has 2 atom stereocenters. The standard InChI is InChI=1S/C16H28IN/c1-5-12-18(17)13-14(3)15(4)16(6-2)10-8-7-9-11-16/h7-8,14H,4-6,9-13H2,1-3H3. The minimum atomic E-state index is 0.373. The number of hydrogen-bond acceptors (Lipinski definition) is 1. The molecule has 2 heteroatoms. The molecule has 0 bridgehead atoms. The van der Waals surface area contributed by atoms with Crippen molar-refractivity contribution in [2.45, 2.75) is 52.9 Å². The molecule has 0 aromatic rings. The molecule has 104 valence electrons. The quantitative estimate of drug-likeness (QED) is 0.334. The Bertz CT molecular complexity index is 297. The lowest BCUT2D eigenvalue weighted by molar-refractivity contribution is 0.271. The summed E-state index contributed by atoms with van der Waals surface area (Å²) in [4.78, 5) is 0. The Hall–Kier alpha value is 0.170. The fraction of sp³-hybridized carbons (Fsp3) is 0.750. The third kappa shape index (κ3) is 4.09. The lowest BCUT2D eigenvalue weighted by Crippen LogP contribution is -2.31. The minimum absolute atomic E-state index is 0.373. The average Bonchev–Trinajstić information content (AvgIpc) is 2.38. The predicted molar refractivity (Wildman–Crippen MR) is 89.9 cm³/mol. The van der Waals surface area contributed by atoms with Crippen molar-refractivity contribution in [2.24, 2.45) is 11.3 Å². The zero-order valence-corrected chi connectivity index (χ0v) is 14.4. The summed E-state index contributed by atoms with van der Waals surface area (Å²) in [5, 5.41) is 0. The van der Waals surface area contributed by atoms with Crippen LogP contribution in [0, 0.1) is 11.3 Å². The van der Waals surface area contributed by atoms with Crippen molar-refractivity contribution in [3.63, 3.8) is 0 Å². The molecule has 2 unspecified atom stereocenters. The normalized spacial score (nSPS) is 25.4. The van der Waals surface area contributed by atoms with E-state index in [0.29, 0.717) is 11.3 Å². The molecule has 0 saturated carbocycles. The van der Waals surface area contributed by atoms with Crippen LogP contribution in [0.1, 0.15) is 52.9 Å². The van der Waals surface area contributed by atoms with Gasteiger partial charge in [-0.2, -0.15) is 0 Å². The Balaban J connectivity index is 2.63. The molecule has 0 aromatic heterocycles. The number of rotatable bonds is 7. The van der Waals surface area contributed by atoms with Crippen molar-refractivity contribution in [2.75, 3.05) is 13.1 Å². The zero-order valence-electron chi connectivity index (χ0n) is 12.2. The molecule has 0 spiro atoms. The van der Waals surface area contributed by atoms with Crippen molar-refractivity contribution >= 4 is 22.9 Å². The Morgan fingerprint density at radius 2 is 2.17 bits per heavy atom. The first-order valence-electron chi connectivity index (χ1n) is 7.30. The number of allylic oxidation sites excluding steroid dienone is 2. The zero-order chi connectivity index (χ0) is 13.6. The van der Waals surface area contributed by atoms with Gasteiger partial charge in [-0.3, -0.25) is 0 Å². The molecule has 1 rings (SSSR count). The molecule has 0 aliphatic heterocycles. The highest BCUT2D eigenvalue weighted by molar-refractivity contribution is 14.1. The SMILES string of the molecule is C=C(C(C)CN(I)CCC)C1(CC)CC=CCC1. The summed E-state index contributed by atoms with van der Waals surface area (Å²) in [7, 11) is 0. The van der Waals surface area contributed by atoms with Crippen molar-refractivity contribution in [1.82, 2.24) is 3.11 Å². The molecule has 0 heterocycles. The van der Waals surface area contributed by atoms with E-state index in [9.17, 15) is 0 Å². The molecule has 1 aliphatic rings. The van der Waals surface area contributed by atoms with E-state index < -0.39 is 0 Å². The van der Waals surface area contributed by atoms with Gasteiger partial charge < -0.3 is 0 Å². The van der Waals surface area contributed by atoms with Gasteiger partial charge in [0, 0.05) is 36.0 Å². The van der Waals surface area contributed by atoms with Gasteiger partial charge in [0.25, 0.3) is 0 Å². The summed E-state index contributed by atoms with van der Waals surface area (Å²) in [6.07, 6.45) is 10.9. The maximum Gasteiger partial charge on any atom is 0.0201 e. The van der Waals surface area contributed by atoms with Crippen LogP contribution in [-0.4, -0.2) is 16.2 Å². The van der Waals surface area contributed by atoms with E-state index in [0.717, 1.165) is 6.54 Å². The van der Waals surface area contributed by atoms with Crippen LogP contribution >= 0.6 is 22.9 Å². The van der Waals surface area contributed by atoms with E-state index in [-0.39, 0.29) is 0 Å². The van der Waals surface area contributed by atoms with Crippen LogP contribution in [0.25, 0.3) is 0 Å². The number of halogens is 1. The number of nitrogens with zero attached hydrogens (tertiary/aromatic N) is 1. The Labute approximate surface area is 127 Å². The van der Waals surface area contributed by atoms with Gasteiger partial charge in [-0.05, 0) is 43.4 Å². The Morgan fingerprint density at radius 1 is 1.44 bits per heavy atom. The van der Waals surface area contributed by atoms with Crippen LogP contribution in [0.4, 0.5) is 0 Å². The van der Waals surface area contributed by atoms with Crippen LogP contribution in [-0.2, 0) is 0 Å². The first-order chi connectivity index (χ1) is 8.55. The largest absolute Gasteiger partial charge is 0.247 e. The van der Waals surface area contributed by atoms with Crippen molar-refractivity contribution in [3.05, 3.63) is 24.3 Å². The van der Waals surface area contributed by atoms with E-state index in [1.54, 1.807) is 0 Å². The van der Waals surface area contributed by atoms with Gasteiger partial charge in [-0.1, -0.05) is 45.1 Å². The van der Waals surface area contributed by atoms with Crippen LogP contribution in [0.15, 0.2) is 24.3 Å². The second kappa shape index (κ2) is 7.68. The molecule has 1 nitrogen and oxygen atoms in total. The van der Waals surface area contributed by atoms with E-state index in [1.807, 2.05) is 0 Å². The van der Waals surface area contributed by atoms with Gasteiger partial charge in [0.15, 0.2) is 0 Å². The number of hydrogen-bond donors (Lipinski definition) is 0. The highest BCUT2D eigenvalue weighted by Gasteiger charge is 2.33. The van der Waals surface area contributed by atoms with Crippen molar-refractivity contribution in [1.29, 1.82) is 0 Å². The monoisotopic (exact) mass is 361 g/mol. The van der Waals surface area contributed by atoms with Crippen LogP contribution in [0.2, 0.25) is 0 Å². The second-order valence-electron chi connectivity index (χ2n) is 5.64. The summed E-state index contributed by atoms with van der Waals surface area (Å²) in [5.41, 5.74) is 1.85. The molecule has 0 fully saturated rings. The first-order valence-corrected chi connectivity index (χ1v) is 8.27. The molecule has 0 amide bonds. The highest BCUT2D eigenvalue weighted by Crippen LogP contribution is 2.45. The molecule has 0 aromatic carbocycles. The Kier molecular flexibility index (Phi) is 6.93. The summed E-state index contributed by atoms with van der Waals surface area (Å²) in [5.74, 6) is 0.597. The van der Waals surface area contributed by atoms with Gasteiger partial charge in [-0.25, -0.2) is 3.11 Å². The van der Waals surface area contributed by atoms with Crippen LogP contribution in [0.5, 0.6) is 0 Å². The summed E-state index contributed by atoms with van der Waals surface area (Å²) in [6, 6.07) is 0.